The average molecular weight is 413 g/mol. The second kappa shape index (κ2) is 7.14. The molecule has 9 heteroatoms. The molecule has 0 saturated carbocycles. The van der Waals surface area contributed by atoms with Crippen LogP contribution in [0, 0.1) is 27.7 Å². The predicted octanol–water partition coefficient (Wildman–Crippen LogP) is 4.05. The van der Waals surface area contributed by atoms with E-state index in [1.165, 1.54) is 17.3 Å². The lowest BCUT2D eigenvalue weighted by Gasteiger charge is -2.12. The first-order chi connectivity index (χ1) is 13.3. The van der Waals surface area contributed by atoms with Crippen molar-refractivity contribution in [3.63, 3.8) is 0 Å². The van der Waals surface area contributed by atoms with E-state index in [2.05, 4.69) is 33.5 Å². The maximum absolute atomic E-state index is 12.6. The number of benzene rings is 1. The van der Waals surface area contributed by atoms with E-state index in [1.54, 1.807) is 16.0 Å². The van der Waals surface area contributed by atoms with Gasteiger partial charge in [0, 0.05) is 4.88 Å². The van der Waals surface area contributed by atoms with Crippen LogP contribution in [0.4, 0.5) is 0 Å². The molecule has 4 aromatic rings. The fourth-order valence-corrected chi connectivity index (χ4v) is 5.02. The van der Waals surface area contributed by atoms with E-state index in [4.69, 9.17) is 4.98 Å². The third-order valence-corrected chi connectivity index (χ3v) is 6.89. The minimum atomic E-state index is -0.115. The van der Waals surface area contributed by atoms with Crippen LogP contribution < -0.4 is 5.56 Å². The van der Waals surface area contributed by atoms with Crippen molar-refractivity contribution in [2.75, 3.05) is 0 Å². The molecule has 3 heterocycles. The molecule has 0 fully saturated rings. The van der Waals surface area contributed by atoms with Gasteiger partial charge in [-0.3, -0.25) is 4.79 Å². The fraction of sp³-hybridized carbons (Fsp3) is 0.316. The van der Waals surface area contributed by atoms with Crippen molar-refractivity contribution >= 4 is 33.3 Å². The normalized spacial score (nSPS) is 12.6. The standard InChI is InChI=1S/C19H20N6OS2/c1-9-6-7-14(10(2)8-9)25-19(22-23-24-25)28-13(5)16-20-17(26)15-11(3)12(4)27-18(15)21-16/h6-8,13H,1-5H3,(H,20,21,26)/t13-/m1/s1. The first-order valence-corrected chi connectivity index (χ1v) is 10.6. The maximum atomic E-state index is 12.6. The molecule has 1 N–H and O–H groups in total. The van der Waals surface area contributed by atoms with E-state index in [0.29, 0.717) is 16.4 Å². The highest BCUT2D eigenvalue weighted by atomic mass is 32.2. The third-order valence-electron chi connectivity index (χ3n) is 4.75. The molecular weight excluding hydrogens is 392 g/mol. The van der Waals surface area contributed by atoms with Gasteiger partial charge in [0.25, 0.3) is 5.56 Å². The summed E-state index contributed by atoms with van der Waals surface area (Å²) in [5.41, 5.74) is 4.13. The Morgan fingerprint density at radius 3 is 2.75 bits per heavy atom. The minimum Gasteiger partial charge on any atom is -0.309 e. The Balaban J connectivity index is 1.68. The summed E-state index contributed by atoms with van der Waals surface area (Å²) in [5, 5.41) is 13.4. The van der Waals surface area contributed by atoms with E-state index in [9.17, 15) is 4.79 Å². The largest absolute Gasteiger partial charge is 0.309 e. The number of nitrogens with zero attached hydrogens (tertiary/aromatic N) is 5. The van der Waals surface area contributed by atoms with Crippen molar-refractivity contribution in [1.29, 1.82) is 0 Å². The van der Waals surface area contributed by atoms with Crippen molar-refractivity contribution < 1.29 is 0 Å². The number of hydrogen-bond acceptors (Lipinski definition) is 7. The van der Waals surface area contributed by atoms with Gasteiger partial charge in [0.05, 0.1) is 16.3 Å². The number of thiophene rings is 1. The molecule has 1 atom stereocenters. The van der Waals surface area contributed by atoms with Crippen molar-refractivity contribution in [2.24, 2.45) is 0 Å². The van der Waals surface area contributed by atoms with Gasteiger partial charge in [0.15, 0.2) is 0 Å². The zero-order chi connectivity index (χ0) is 20.0. The molecule has 7 nitrogen and oxygen atoms in total. The molecule has 0 unspecified atom stereocenters. The monoisotopic (exact) mass is 412 g/mol. The zero-order valence-electron chi connectivity index (χ0n) is 16.3. The summed E-state index contributed by atoms with van der Waals surface area (Å²) in [6.07, 6.45) is 0. The quantitative estimate of drug-likeness (QED) is 0.509. The smallest absolute Gasteiger partial charge is 0.259 e. The molecule has 4 rings (SSSR count). The van der Waals surface area contributed by atoms with Crippen molar-refractivity contribution in [1.82, 2.24) is 30.2 Å². The lowest BCUT2D eigenvalue weighted by Crippen LogP contribution is -2.13. The third kappa shape index (κ3) is 3.24. The SMILES string of the molecule is Cc1ccc(-n2nnnc2S[C@H](C)c2nc3sc(C)c(C)c3c(=O)[nH]2)c(C)c1. The molecule has 0 aliphatic rings. The van der Waals surface area contributed by atoms with Gasteiger partial charge in [-0.15, -0.1) is 16.4 Å². The van der Waals surface area contributed by atoms with Gasteiger partial charge in [0.2, 0.25) is 5.16 Å². The molecule has 0 aliphatic heterocycles. The summed E-state index contributed by atoms with van der Waals surface area (Å²) in [4.78, 5) is 22.1. The number of thioether (sulfide) groups is 1. The van der Waals surface area contributed by atoms with E-state index in [-0.39, 0.29) is 10.8 Å². The number of tetrazole rings is 1. The van der Waals surface area contributed by atoms with Crippen LogP contribution >= 0.6 is 23.1 Å². The predicted molar refractivity (Wildman–Crippen MR) is 113 cm³/mol. The molecule has 0 saturated heterocycles. The van der Waals surface area contributed by atoms with E-state index < -0.39 is 0 Å². The van der Waals surface area contributed by atoms with Gasteiger partial charge in [0.1, 0.15) is 10.7 Å². The highest BCUT2D eigenvalue weighted by Gasteiger charge is 2.20. The molecule has 144 valence electrons. The van der Waals surface area contributed by atoms with Crippen LogP contribution in [0.15, 0.2) is 28.2 Å². The second-order valence-electron chi connectivity index (χ2n) is 6.84. The van der Waals surface area contributed by atoms with Gasteiger partial charge in [-0.1, -0.05) is 29.5 Å². The van der Waals surface area contributed by atoms with Crippen molar-refractivity contribution in [3.8, 4) is 5.69 Å². The molecular formula is C19H20N6OS2. The molecule has 3 aromatic heterocycles. The molecule has 0 spiro atoms. The molecule has 0 aliphatic carbocycles. The summed E-state index contributed by atoms with van der Waals surface area (Å²) in [6.45, 7) is 10.1. The number of aromatic nitrogens is 6. The number of rotatable bonds is 4. The number of aromatic amines is 1. The maximum Gasteiger partial charge on any atom is 0.259 e. The van der Waals surface area contributed by atoms with Crippen LogP contribution in [-0.2, 0) is 0 Å². The second-order valence-corrected chi connectivity index (χ2v) is 9.35. The highest BCUT2D eigenvalue weighted by Crippen LogP contribution is 2.34. The lowest BCUT2D eigenvalue weighted by molar-refractivity contribution is 0.749. The van der Waals surface area contributed by atoms with Gasteiger partial charge in [-0.25, -0.2) is 4.98 Å². The first-order valence-electron chi connectivity index (χ1n) is 8.87. The van der Waals surface area contributed by atoms with Gasteiger partial charge in [-0.2, -0.15) is 4.68 Å². The summed E-state index contributed by atoms with van der Waals surface area (Å²) in [7, 11) is 0. The van der Waals surface area contributed by atoms with Gasteiger partial charge < -0.3 is 4.98 Å². The zero-order valence-corrected chi connectivity index (χ0v) is 17.9. The van der Waals surface area contributed by atoms with Crippen LogP contribution in [0.2, 0.25) is 0 Å². The van der Waals surface area contributed by atoms with Crippen LogP contribution in [0.1, 0.15) is 39.6 Å². The topological polar surface area (TPSA) is 89.3 Å². The Bertz CT molecular complexity index is 1240. The van der Waals surface area contributed by atoms with Gasteiger partial charge in [-0.05, 0) is 62.2 Å². The Hall–Kier alpha value is -2.52. The van der Waals surface area contributed by atoms with Crippen LogP contribution in [0.5, 0.6) is 0 Å². The molecule has 1 aromatic carbocycles. The summed E-state index contributed by atoms with van der Waals surface area (Å²) >= 11 is 3.01. The van der Waals surface area contributed by atoms with Crippen molar-refractivity contribution in [3.05, 3.63) is 55.9 Å². The number of hydrogen-bond donors (Lipinski definition) is 1. The average Bonchev–Trinajstić information content (AvgIpc) is 3.19. The number of fused-ring (bicyclic) bond motifs is 1. The summed E-state index contributed by atoms with van der Waals surface area (Å²) in [5.74, 6) is 0.624. The molecule has 0 amide bonds. The molecule has 28 heavy (non-hydrogen) atoms. The summed E-state index contributed by atoms with van der Waals surface area (Å²) < 4.78 is 1.73. The van der Waals surface area contributed by atoms with E-state index >= 15 is 0 Å². The van der Waals surface area contributed by atoms with E-state index in [0.717, 1.165) is 26.5 Å². The van der Waals surface area contributed by atoms with Crippen LogP contribution in [0.3, 0.4) is 0 Å². The van der Waals surface area contributed by atoms with Crippen molar-refractivity contribution in [2.45, 2.75) is 45.0 Å². The van der Waals surface area contributed by atoms with E-state index in [1.807, 2.05) is 39.8 Å². The number of nitrogens with one attached hydrogen (secondary N) is 1. The van der Waals surface area contributed by atoms with Crippen LogP contribution in [0.25, 0.3) is 15.9 Å². The molecule has 0 radical (unpaired) electrons. The lowest BCUT2D eigenvalue weighted by atomic mass is 10.1. The van der Waals surface area contributed by atoms with Gasteiger partial charge >= 0.3 is 0 Å². The van der Waals surface area contributed by atoms with Crippen LogP contribution in [-0.4, -0.2) is 30.2 Å². The fourth-order valence-electron chi connectivity index (χ4n) is 3.12. The number of H-pyrrole nitrogens is 1. The Kier molecular flexibility index (Phi) is 4.80. The minimum absolute atomic E-state index is 0.0942. The highest BCUT2D eigenvalue weighted by molar-refractivity contribution is 7.99. The Morgan fingerprint density at radius 2 is 2.00 bits per heavy atom. The Morgan fingerprint density at radius 1 is 1.21 bits per heavy atom. The summed E-state index contributed by atoms with van der Waals surface area (Å²) in [6, 6.07) is 6.15. The number of aryl methyl sites for hydroxylation is 4. The first kappa shape index (κ1) is 18.8. The molecule has 0 bridgehead atoms. The Labute approximate surface area is 170 Å².